The molecule has 4 aromatic rings. The quantitative estimate of drug-likeness (QED) is 0.422. The highest BCUT2D eigenvalue weighted by molar-refractivity contribution is 6.02. The number of para-hydroxylation sites is 1. The second kappa shape index (κ2) is 9.02. The Morgan fingerprint density at radius 2 is 1.81 bits per heavy atom. The number of pyridine rings is 1. The molecule has 1 N–H and O–H groups in total. The molecule has 11 heteroatoms. The predicted octanol–water partition coefficient (Wildman–Crippen LogP) is 2.01. The molecule has 0 bridgehead atoms. The molecule has 182 valence electrons. The lowest BCUT2D eigenvalue weighted by Crippen LogP contribution is -2.43. The summed E-state index contributed by atoms with van der Waals surface area (Å²) in [5.74, 6) is -0.391. The van der Waals surface area contributed by atoms with Gasteiger partial charge in [0, 0.05) is 17.4 Å². The maximum atomic E-state index is 13.6. The number of carbonyl (C=O) groups is 2. The number of benzene rings is 2. The number of amides is 1. The third-order valence-corrected chi connectivity index (χ3v) is 5.60. The van der Waals surface area contributed by atoms with Crippen LogP contribution >= 0.6 is 0 Å². The van der Waals surface area contributed by atoms with Crippen LogP contribution in [-0.2, 0) is 16.1 Å². The molecule has 1 aliphatic heterocycles. The molecule has 0 unspecified atom stereocenters. The Morgan fingerprint density at radius 1 is 1.06 bits per heavy atom. The van der Waals surface area contributed by atoms with E-state index in [1.807, 2.05) is 0 Å². The van der Waals surface area contributed by atoms with Crippen LogP contribution in [0.25, 0.3) is 16.7 Å². The Balaban J connectivity index is 1.66. The maximum absolute atomic E-state index is 13.6. The fourth-order valence-electron chi connectivity index (χ4n) is 4.00. The molecule has 0 spiro atoms. The van der Waals surface area contributed by atoms with Gasteiger partial charge in [0.1, 0.15) is 6.54 Å². The van der Waals surface area contributed by atoms with Crippen molar-refractivity contribution in [1.82, 2.24) is 14.1 Å². The van der Waals surface area contributed by atoms with Crippen LogP contribution in [0.5, 0.6) is 11.5 Å². The van der Waals surface area contributed by atoms with Crippen molar-refractivity contribution in [1.29, 1.82) is 0 Å². The topological polar surface area (TPSA) is 131 Å². The number of hydrogen-bond donors (Lipinski definition) is 1. The van der Waals surface area contributed by atoms with Gasteiger partial charge in [-0.05, 0) is 37.3 Å². The highest BCUT2D eigenvalue weighted by Gasteiger charge is 2.24. The van der Waals surface area contributed by atoms with E-state index < -0.39 is 29.7 Å². The number of aryl methyl sites for hydroxylation is 1. The first-order valence-corrected chi connectivity index (χ1v) is 10.9. The van der Waals surface area contributed by atoms with Gasteiger partial charge in [0.15, 0.2) is 17.1 Å². The van der Waals surface area contributed by atoms with Gasteiger partial charge < -0.3 is 19.5 Å². The summed E-state index contributed by atoms with van der Waals surface area (Å²) in [7, 11) is 1.19. The average molecular weight is 488 g/mol. The van der Waals surface area contributed by atoms with Gasteiger partial charge in [-0.25, -0.2) is 23.7 Å². The lowest BCUT2D eigenvalue weighted by Gasteiger charge is -2.15. The molecule has 3 heterocycles. The van der Waals surface area contributed by atoms with E-state index in [-0.39, 0.29) is 23.4 Å². The molecule has 0 atom stereocenters. The average Bonchev–Trinajstić information content (AvgIpc) is 3.34. The number of fused-ring (bicyclic) bond motifs is 2. The molecule has 0 saturated heterocycles. The number of nitrogens with zero attached hydrogens (tertiary/aromatic N) is 3. The minimum absolute atomic E-state index is 0.0102. The van der Waals surface area contributed by atoms with Gasteiger partial charge in [-0.2, -0.15) is 0 Å². The number of methoxy groups -OCH3 is 1. The largest absolute Gasteiger partial charge is 0.465 e. The van der Waals surface area contributed by atoms with E-state index in [1.54, 1.807) is 55.5 Å². The van der Waals surface area contributed by atoms with E-state index in [9.17, 15) is 19.2 Å². The van der Waals surface area contributed by atoms with Crippen LogP contribution in [0.2, 0.25) is 0 Å². The van der Waals surface area contributed by atoms with Crippen LogP contribution in [0.1, 0.15) is 16.1 Å². The highest BCUT2D eigenvalue weighted by atomic mass is 16.7. The van der Waals surface area contributed by atoms with Gasteiger partial charge in [-0.1, -0.05) is 18.2 Å². The third kappa shape index (κ3) is 3.96. The summed E-state index contributed by atoms with van der Waals surface area (Å²) >= 11 is 0. The zero-order chi connectivity index (χ0) is 25.4. The Morgan fingerprint density at radius 3 is 2.56 bits per heavy atom. The Kier molecular flexibility index (Phi) is 5.72. The molecule has 0 saturated carbocycles. The van der Waals surface area contributed by atoms with Crippen molar-refractivity contribution in [3.63, 3.8) is 0 Å². The smallest absolute Gasteiger partial charge is 0.338 e. The Hall–Kier alpha value is -4.93. The van der Waals surface area contributed by atoms with Crippen molar-refractivity contribution < 1.29 is 23.8 Å². The molecule has 0 fully saturated rings. The first-order chi connectivity index (χ1) is 17.4. The van der Waals surface area contributed by atoms with Gasteiger partial charge in [-0.3, -0.25) is 9.59 Å². The molecule has 2 aromatic carbocycles. The molecule has 1 amide bonds. The van der Waals surface area contributed by atoms with Crippen molar-refractivity contribution in [3.05, 3.63) is 86.7 Å². The lowest BCUT2D eigenvalue weighted by atomic mass is 10.1. The second-order valence-corrected chi connectivity index (χ2v) is 7.96. The van der Waals surface area contributed by atoms with Crippen LogP contribution in [0.15, 0.2) is 64.2 Å². The molecule has 5 rings (SSSR count). The van der Waals surface area contributed by atoms with Gasteiger partial charge in [-0.15, -0.1) is 0 Å². The van der Waals surface area contributed by atoms with Crippen molar-refractivity contribution in [3.8, 4) is 17.2 Å². The Bertz CT molecular complexity index is 1640. The number of rotatable bonds is 5. The van der Waals surface area contributed by atoms with Gasteiger partial charge in [0.2, 0.25) is 12.7 Å². The van der Waals surface area contributed by atoms with Crippen LogP contribution in [0, 0.1) is 6.92 Å². The zero-order valence-electron chi connectivity index (χ0n) is 19.3. The summed E-state index contributed by atoms with van der Waals surface area (Å²) in [5, 5.41) is 2.52. The van der Waals surface area contributed by atoms with Gasteiger partial charge >= 0.3 is 11.7 Å². The molecule has 0 aliphatic carbocycles. The molecule has 11 nitrogen and oxygen atoms in total. The fourth-order valence-corrected chi connectivity index (χ4v) is 4.00. The van der Waals surface area contributed by atoms with Crippen molar-refractivity contribution in [2.24, 2.45) is 0 Å². The van der Waals surface area contributed by atoms with E-state index in [0.717, 1.165) is 4.57 Å². The second-order valence-electron chi connectivity index (χ2n) is 7.96. The number of carbonyl (C=O) groups excluding carboxylic acids is 2. The minimum Gasteiger partial charge on any atom is -0.465 e. The summed E-state index contributed by atoms with van der Waals surface area (Å²) < 4.78 is 17.4. The van der Waals surface area contributed by atoms with Crippen LogP contribution in [0.4, 0.5) is 5.69 Å². The van der Waals surface area contributed by atoms with Crippen molar-refractivity contribution >= 4 is 28.6 Å². The first kappa shape index (κ1) is 22.8. The molecule has 36 heavy (non-hydrogen) atoms. The molecular weight excluding hydrogens is 468 g/mol. The summed E-state index contributed by atoms with van der Waals surface area (Å²) in [6.45, 7) is 1.10. The van der Waals surface area contributed by atoms with Crippen LogP contribution in [-0.4, -0.2) is 39.9 Å². The summed E-state index contributed by atoms with van der Waals surface area (Å²) in [5.41, 5.74) is -0.474. The summed E-state index contributed by atoms with van der Waals surface area (Å²) in [6, 6.07) is 14.7. The minimum atomic E-state index is -0.837. The summed E-state index contributed by atoms with van der Waals surface area (Å²) in [6.07, 6.45) is 0. The molecule has 2 aromatic heterocycles. The number of ether oxygens (including phenoxy) is 3. The zero-order valence-corrected chi connectivity index (χ0v) is 19.3. The normalized spacial score (nSPS) is 11.9. The number of aromatic nitrogens is 3. The van der Waals surface area contributed by atoms with Gasteiger partial charge in [0.05, 0.1) is 23.7 Å². The highest BCUT2D eigenvalue weighted by Crippen LogP contribution is 2.34. The number of esters is 1. The van der Waals surface area contributed by atoms with E-state index in [2.05, 4.69) is 10.3 Å². The molecular formula is C25H20N4O7. The summed E-state index contributed by atoms with van der Waals surface area (Å²) in [4.78, 5) is 56.9. The third-order valence-electron chi connectivity index (χ3n) is 5.60. The van der Waals surface area contributed by atoms with Crippen LogP contribution in [0.3, 0.4) is 0 Å². The monoisotopic (exact) mass is 488 g/mol. The predicted molar refractivity (Wildman–Crippen MR) is 129 cm³/mol. The van der Waals surface area contributed by atoms with Crippen molar-refractivity contribution in [2.75, 3.05) is 19.2 Å². The van der Waals surface area contributed by atoms with E-state index in [0.29, 0.717) is 28.6 Å². The molecule has 1 aliphatic rings. The fraction of sp³-hybridized carbons (Fsp3) is 0.160. The standard InChI is InChI=1S/C25H20N4O7/c1-14-10-17(24(32)34-2)21-22(26-14)29(16-6-4-3-5-7-16)25(33)28(23(21)31)12-20(30)27-15-8-9-18-19(11-15)36-13-35-18/h3-11H,12-13H2,1-2H3,(H,27,30). The van der Waals surface area contributed by atoms with Crippen LogP contribution < -0.4 is 26.0 Å². The maximum Gasteiger partial charge on any atom is 0.338 e. The Labute approximate surface area is 203 Å². The number of nitrogens with one attached hydrogen (secondary N) is 1. The molecule has 0 radical (unpaired) electrons. The van der Waals surface area contributed by atoms with Crippen molar-refractivity contribution in [2.45, 2.75) is 13.5 Å². The number of hydrogen-bond acceptors (Lipinski definition) is 8. The number of anilines is 1. The SMILES string of the molecule is COC(=O)c1cc(C)nc2c1c(=O)n(CC(=O)Nc1ccc3c(c1)OCO3)c(=O)n2-c1ccccc1. The first-order valence-electron chi connectivity index (χ1n) is 10.9. The van der Waals surface area contributed by atoms with E-state index in [1.165, 1.54) is 17.7 Å². The lowest BCUT2D eigenvalue weighted by molar-refractivity contribution is -0.116. The van der Waals surface area contributed by atoms with E-state index >= 15 is 0 Å². The van der Waals surface area contributed by atoms with Gasteiger partial charge in [0.25, 0.3) is 5.56 Å². The van der Waals surface area contributed by atoms with E-state index in [4.69, 9.17) is 14.2 Å².